The van der Waals surface area contributed by atoms with Gasteiger partial charge in [0.25, 0.3) is 0 Å². The van der Waals surface area contributed by atoms with Gasteiger partial charge in [0.1, 0.15) is 0 Å². The summed E-state index contributed by atoms with van der Waals surface area (Å²) in [6.07, 6.45) is 3.38. The summed E-state index contributed by atoms with van der Waals surface area (Å²) in [6, 6.07) is 5.43. The Bertz CT molecular complexity index is 789. The van der Waals surface area contributed by atoms with E-state index in [-0.39, 0.29) is 23.7 Å². The normalized spacial score (nSPS) is 17.5. The summed E-state index contributed by atoms with van der Waals surface area (Å²) in [5, 5.41) is 4.08. The smallest absolute Gasteiger partial charge is 0.316 e. The van der Waals surface area contributed by atoms with E-state index in [0.29, 0.717) is 17.0 Å². The van der Waals surface area contributed by atoms with Gasteiger partial charge in [-0.1, -0.05) is 30.1 Å². The zero-order valence-electron chi connectivity index (χ0n) is 13.2. The topological polar surface area (TPSA) is 102 Å². The summed E-state index contributed by atoms with van der Waals surface area (Å²) in [7, 11) is 0. The van der Waals surface area contributed by atoms with Crippen molar-refractivity contribution in [3.05, 3.63) is 29.1 Å². The van der Waals surface area contributed by atoms with Gasteiger partial charge in [0.05, 0.1) is 5.02 Å². The molecule has 1 aliphatic heterocycles. The molecule has 3 rings (SSSR count). The molecule has 0 aliphatic carbocycles. The van der Waals surface area contributed by atoms with Gasteiger partial charge in [0.15, 0.2) is 0 Å². The maximum atomic E-state index is 12.2. The van der Waals surface area contributed by atoms with Crippen LogP contribution in [-0.2, 0) is 4.79 Å². The van der Waals surface area contributed by atoms with Crippen molar-refractivity contribution in [3.8, 4) is 11.4 Å². The summed E-state index contributed by atoms with van der Waals surface area (Å²) >= 11 is 6.33. The number of halogens is 1. The van der Waals surface area contributed by atoms with Crippen LogP contribution in [-0.4, -0.2) is 28.0 Å². The van der Waals surface area contributed by atoms with E-state index >= 15 is 0 Å². The summed E-state index contributed by atoms with van der Waals surface area (Å²) in [4.78, 5) is 29.0. The van der Waals surface area contributed by atoms with E-state index in [1.54, 1.807) is 18.2 Å². The number of carbonyl (C=O) groups excluding carboxylic acids is 2. The monoisotopic (exact) mass is 348 g/mol. The van der Waals surface area contributed by atoms with Gasteiger partial charge >= 0.3 is 11.8 Å². The summed E-state index contributed by atoms with van der Waals surface area (Å²) < 4.78 is 4.77. The molecule has 0 bridgehead atoms. The van der Waals surface area contributed by atoms with Crippen LogP contribution in [0, 0.1) is 0 Å². The number of benzene rings is 1. The van der Waals surface area contributed by atoms with E-state index in [2.05, 4.69) is 17.1 Å². The van der Waals surface area contributed by atoms with Crippen molar-refractivity contribution in [2.75, 3.05) is 4.90 Å². The predicted octanol–water partition coefficient (Wildman–Crippen LogP) is 2.78. The minimum absolute atomic E-state index is 0.104. The molecular weight excluding hydrogens is 332 g/mol. The number of rotatable bonds is 5. The number of nitrogens with zero attached hydrogens (tertiary/aromatic N) is 3. The van der Waals surface area contributed by atoms with Crippen molar-refractivity contribution in [2.24, 2.45) is 5.73 Å². The first kappa shape index (κ1) is 16.4. The second-order valence-corrected chi connectivity index (χ2v) is 6.10. The van der Waals surface area contributed by atoms with Crippen molar-refractivity contribution in [1.29, 1.82) is 0 Å². The first-order chi connectivity index (χ1) is 11.5. The van der Waals surface area contributed by atoms with Crippen molar-refractivity contribution < 1.29 is 14.1 Å². The summed E-state index contributed by atoms with van der Waals surface area (Å²) in [6.45, 7) is 2.10. The van der Waals surface area contributed by atoms with Gasteiger partial charge in [-0.05, 0) is 31.0 Å². The molecule has 0 radical (unpaired) electrons. The van der Waals surface area contributed by atoms with Crippen LogP contribution in [0.3, 0.4) is 0 Å². The highest BCUT2D eigenvalue weighted by Crippen LogP contribution is 2.34. The summed E-state index contributed by atoms with van der Waals surface area (Å²) in [5.74, 6) is -0.791. The lowest BCUT2D eigenvalue weighted by molar-refractivity contribution is -0.117. The number of hydrogen-bond donors (Lipinski definition) is 1. The van der Waals surface area contributed by atoms with Gasteiger partial charge in [-0.15, -0.1) is 0 Å². The molecule has 0 saturated carbocycles. The zero-order valence-corrected chi connectivity index (χ0v) is 13.9. The minimum atomic E-state index is -0.799. The van der Waals surface area contributed by atoms with Crippen molar-refractivity contribution in [3.63, 3.8) is 0 Å². The lowest BCUT2D eigenvalue weighted by atomic mass is 10.1. The van der Waals surface area contributed by atoms with Gasteiger partial charge in [0.2, 0.25) is 11.7 Å². The van der Waals surface area contributed by atoms with Crippen LogP contribution in [0.2, 0.25) is 5.02 Å². The molecule has 2 heterocycles. The molecule has 1 aliphatic rings. The van der Waals surface area contributed by atoms with Crippen molar-refractivity contribution >= 4 is 29.1 Å². The molecule has 1 aromatic heterocycles. The molecule has 2 aromatic rings. The van der Waals surface area contributed by atoms with Crippen LogP contribution < -0.4 is 10.6 Å². The Hall–Kier alpha value is -2.41. The maximum Gasteiger partial charge on any atom is 0.316 e. The SMILES string of the molecule is CCCC1CCC(=O)N1c1ccc(-c2noc(C(N)=O)n2)c(Cl)c1. The molecular formula is C16H17ClN4O3. The molecule has 2 N–H and O–H groups in total. The van der Waals surface area contributed by atoms with E-state index in [9.17, 15) is 9.59 Å². The number of aromatic nitrogens is 2. The molecule has 1 atom stereocenters. The Morgan fingerprint density at radius 1 is 1.50 bits per heavy atom. The van der Waals surface area contributed by atoms with Crippen molar-refractivity contribution in [2.45, 2.75) is 38.6 Å². The average Bonchev–Trinajstić information content (AvgIpc) is 3.15. The van der Waals surface area contributed by atoms with Crippen LogP contribution in [0.1, 0.15) is 43.3 Å². The van der Waals surface area contributed by atoms with E-state index in [1.807, 2.05) is 4.90 Å². The Balaban J connectivity index is 1.91. The van der Waals surface area contributed by atoms with Gasteiger partial charge in [0, 0.05) is 23.7 Å². The fourth-order valence-electron chi connectivity index (χ4n) is 2.97. The van der Waals surface area contributed by atoms with Crippen LogP contribution in [0.25, 0.3) is 11.4 Å². The molecule has 1 unspecified atom stereocenters. The second kappa shape index (κ2) is 6.60. The zero-order chi connectivity index (χ0) is 17.3. The highest BCUT2D eigenvalue weighted by Gasteiger charge is 2.31. The fourth-order valence-corrected chi connectivity index (χ4v) is 3.23. The second-order valence-electron chi connectivity index (χ2n) is 5.70. The number of anilines is 1. The molecule has 1 saturated heterocycles. The highest BCUT2D eigenvalue weighted by molar-refractivity contribution is 6.33. The predicted molar refractivity (Wildman–Crippen MR) is 88.7 cm³/mol. The largest absolute Gasteiger partial charge is 0.361 e. The first-order valence-corrected chi connectivity index (χ1v) is 8.14. The van der Waals surface area contributed by atoms with E-state index in [1.165, 1.54) is 0 Å². The highest BCUT2D eigenvalue weighted by atomic mass is 35.5. The third-order valence-electron chi connectivity index (χ3n) is 4.06. The summed E-state index contributed by atoms with van der Waals surface area (Å²) in [5.41, 5.74) is 6.36. The Kier molecular flexibility index (Phi) is 4.53. The molecule has 1 fully saturated rings. The van der Waals surface area contributed by atoms with Gasteiger partial charge < -0.3 is 15.2 Å². The third-order valence-corrected chi connectivity index (χ3v) is 4.37. The van der Waals surface area contributed by atoms with E-state index in [4.69, 9.17) is 21.9 Å². The van der Waals surface area contributed by atoms with E-state index in [0.717, 1.165) is 24.9 Å². The van der Waals surface area contributed by atoms with Crippen LogP contribution in [0.5, 0.6) is 0 Å². The standard InChI is InChI=1S/C16H17ClN4O3/c1-2-3-9-5-7-13(22)21(9)10-4-6-11(12(17)8-10)15-19-16(14(18)23)24-20-15/h4,6,8-9H,2-3,5,7H2,1H3,(H2,18,23). The molecule has 7 nitrogen and oxygen atoms in total. The third kappa shape index (κ3) is 2.99. The molecule has 0 spiro atoms. The average molecular weight is 349 g/mol. The molecule has 8 heteroatoms. The van der Waals surface area contributed by atoms with Crippen LogP contribution in [0.4, 0.5) is 5.69 Å². The van der Waals surface area contributed by atoms with Crippen LogP contribution in [0.15, 0.2) is 22.7 Å². The Morgan fingerprint density at radius 3 is 2.92 bits per heavy atom. The fraction of sp³-hybridized carbons (Fsp3) is 0.375. The molecule has 1 aromatic carbocycles. The maximum absolute atomic E-state index is 12.2. The number of nitrogens with two attached hydrogens (primary N) is 1. The lowest BCUT2D eigenvalue weighted by Crippen LogP contribution is -2.32. The lowest BCUT2D eigenvalue weighted by Gasteiger charge is -2.25. The minimum Gasteiger partial charge on any atom is -0.361 e. The number of carbonyl (C=O) groups is 2. The number of amides is 2. The van der Waals surface area contributed by atoms with E-state index < -0.39 is 5.91 Å². The first-order valence-electron chi connectivity index (χ1n) is 7.76. The van der Waals surface area contributed by atoms with Gasteiger partial charge in [-0.25, -0.2) is 0 Å². The quantitative estimate of drug-likeness (QED) is 0.894. The Morgan fingerprint density at radius 2 is 2.29 bits per heavy atom. The Labute approximate surface area is 143 Å². The van der Waals surface area contributed by atoms with Gasteiger partial charge in [-0.2, -0.15) is 4.98 Å². The number of primary amides is 1. The van der Waals surface area contributed by atoms with Gasteiger partial charge in [-0.3, -0.25) is 9.59 Å². The molecule has 24 heavy (non-hydrogen) atoms. The van der Waals surface area contributed by atoms with Crippen LogP contribution >= 0.6 is 11.6 Å². The molecule has 126 valence electrons. The number of hydrogen-bond acceptors (Lipinski definition) is 5. The molecule has 2 amide bonds. The van der Waals surface area contributed by atoms with Crippen molar-refractivity contribution in [1.82, 2.24) is 10.1 Å².